The molecule has 0 saturated heterocycles. The Labute approximate surface area is 193 Å². The molecule has 0 aliphatic carbocycles. The van der Waals surface area contributed by atoms with Gasteiger partial charge in [-0.3, -0.25) is 4.79 Å². The average molecular weight is 446 g/mol. The second-order valence-electron chi connectivity index (χ2n) is 7.29. The number of nitrogens with two attached hydrogens (primary N) is 1. The van der Waals surface area contributed by atoms with Crippen LogP contribution in [0.4, 0.5) is 5.82 Å². The van der Waals surface area contributed by atoms with E-state index >= 15 is 0 Å². The number of rotatable bonds is 10. The number of para-hydroxylation sites is 1. The summed E-state index contributed by atoms with van der Waals surface area (Å²) in [5, 5.41) is 17.0. The first-order chi connectivity index (χ1) is 16.0. The van der Waals surface area contributed by atoms with Crippen LogP contribution in [-0.4, -0.2) is 36.5 Å². The zero-order chi connectivity index (χ0) is 23.8. The van der Waals surface area contributed by atoms with Gasteiger partial charge in [-0.1, -0.05) is 24.3 Å². The van der Waals surface area contributed by atoms with Crippen molar-refractivity contribution in [3.8, 4) is 23.3 Å². The number of nitrogens with zero attached hydrogens (tertiary/aromatic N) is 3. The predicted molar refractivity (Wildman–Crippen MR) is 127 cm³/mol. The highest BCUT2D eigenvalue weighted by Crippen LogP contribution is 2.33. The van der Waals surface area contributed by atoms with Gasteiger partial charge in [0.15, 0.2) is 11.5 Å². The van der Waals surface area contributed by atoms with Crippen molar-refractivity contribution in [2.24, 2.45) is 0 Å². The van der Waals surface area contributed by atoms with Crippen molar-refractivity contribution in [2.45, 2.75) is 19.3 Å². The summed E-state index contributed by atoms with van der Waals surface area (Å²) in [6.07, 6.45) is 3.38. The third kappa shape index (κ3) is 5.15. The molecule has 1 amide bonds. The number of carbonyl (C=O) groups is 1. The van der Waals surface area contributed by atoms with Crippen molar-refractivity contribution in [3.05, 3.63) is 77.5 Å². The van der Waals surface area contributed by atoms with Crippen LogP contribution < -0.4 is 20.5 Å². The zero-order valence-electron chi connectivity index (χ0n) is 18.8. The van der Waals surface area contributed by atoms with Crippen LogP contribution in [0.15, 0.2) is 55.1 Å². The number of hydrogen-bond acceptors (Lipinski definition) is 6. The summed E-state index contributed by atoms with van der Waals surface area (Å²) < 4.78 is 12.4. The van der Waals surface area contributed by atoms with Crippen molar-refractivity contribution in [1.82, 2.24) is 15.1 Å². The largest absolute Gasteiger partial charge is 0.493 e. The molecule has 2 aromatic carbocycles. The molecule has 0 aliphatic rings. The summed E-state index contributed by atoms with van der Waals surface area (Å²) in [7, 11) is 3.09. The van der Waals surface area contributed by atoms with Gasteiger partial charge in [-0.2, -0.15) is 10.4 Å². The second-order valence-corrected chi connectivity index (χ2v) is 7.29. The first-order valence-electron chi connectivity index (χ1n) is 10.5. The molecule has 170 valence electrons. The lowest BCUT2D eigenvalue weighted by Crippen LogP contribution is -2.25. The van der Waals surface area contributed by atoms with E-state index in [1.54, 1.807) is 30.0 Å². The fourth-order valence-corrected chi connectivity index (χ4v) is 3.58. The molecular weight excluding hydrogens is 418 g/mol. The first kappa shape index (κ1) is 23.4. The summed E-state index contributed by atoms with van der Waals surface area (Å²) in [5.74, 6) is 1.16. The minimum atomic E-state index is -0.226. The van der Waals surface area contributed by atoms with Crippen LogP contribution in [0.3, 0.4) is 0 Å². The third-order valence-electron chi connectivity index (χ3n) is 5.16. The van der Waals surface area contributed by atoms with Gasteiger partial charge in [0.2, 0.25) is 0 Å². The van der Waals surface area contributed by atoms with Gasteiger partial charge in [0.05, 0.1) is 25.6 Å². The number of carbonyl (C=O) groups excluding carboxylic acids is 1. The molecule has 0 bridgehead atoms. The highest BCUT2D eigenvalue weighted by atomic mass is 16.5. The first-order valence-corrected chi connectivity index (χ1v) is 10.5. The third-order valence-corrected chi connectivity index (χ3v) is 5.16. The SMILES string of the molecule is C=CCc1cc(C(=O)NCCCc2nn(-c3ccccc3)c(N)c2C#N)cc(OC)c1OC. The number of aryl methyl sites for hydroxylation is 1. The van der Waals surface area contributed by atoms with Crippen molar-refractivity contribution < 1.29 is 14.3 Å². The average Bonchev–Trinajstić information content (AvgIpc) is 3.16. The summed E-state index contributed by atoms with van der Waals surface area (Å²) >= 11 is 0. The van der Waals surface area contributed by atoms with Crippen molar-refractivity contribution in [3.63, 3.8) is 0 Å². The number of methoxy groups -OCH3 is 2. The van der Waals surface area contributed by atoms with E-state index in [0.29, 0.717) is 59.9 Å². The Morgan fingerprint density at radius 3 is 2.67 bits per heavy atom. The number of amides is 1. The maximum Gasteiger partial charge on any atom is 0.251 e. The summed E-state index contributed by atoms with van der Waals surface area (Å²) in [6, 6.07) is 15.0. The van der Waals surface area contributed by atoms with Gasteiger partial charge in [-0.15, -0.1) is 6.58 Å². The van der Waals surface area contributed by atoms with E-state index in [2.05, 4.69) is 23.1 Å². The fraction of sp³-hybridized carbons (Fsp3) is 0.240. The lowest BCUT2D eigenvalue weighted by Gasteiger charge is -2.14. The lowest BCUT2D eigenvalue weighted by atomic mass is 10.0. The molecule has 0 spiro atoms. The Kier molecular flexibility index (Phi) is 7.71. The van der Waals surface area contributed by atoms with Gasteiger partial charge in [0.1, 0.15) is 17.5 Å². The van der Waals surface area contributed by atoms with E-state index in [4.69, 9.17) is 15.2 Å². The van der Waals surface area contributed by atoms with Crippen LogP contribution in [0, 0.1) is 11.3 Å². The lowest BCUT2D eigenvalue weighted by molar-refractivity contribution is 0.0952. The molecular formula is C25H27N5O3. The molecule has 1 aromatic heterocycles. The number of nitriles is 1. The number of benzene rings is 2. The van der Waals surface area contributed by atoms with Gasteiger partial charge in [0, 0.05) is 17.7 Å². The fourth-order valence-electron chi connectivity index (χ4n) is 3.58. The molecule has 0 atom stereocenters. The maximum atomic E-state index is 12.7. The van der Waals surface area contributed by atoms with Crippen molar-refractivity contribution >= 4 is 11.7 Å². The van der Waals surface area contributed by atoms with Crippen molar-refractivity contribution in [1.29, 1.82) is 5.26 Å². The molecule has 3 rings (SSSR count). The van der Waals surface area contributed by atoms with Gasteiger partial charge in [-0.05, 0) is 43.5 Å². The standard InChI is InChI=1S/C25H27N5O3/c1-4-9-17-14-18(15-22(32-2)23(17)33-3)25(31)28-13-8-12-21-20(16-26)24(27)30(29-21)19-10-6-5-7-11-19/h4-7,10-11,14-15H,1,8-9,12-13,27H2,2-3H3,(H,28,31). The number of aromatic nitrogens is 2. The summed E-state index contributed by atoms with van der Waals surface area (Å²) in [6.45, 7) is 4.17. The number of nitrogen functional groups attached to an aromatic ring is 1. The van der Waals surface area contributed by atoms with Gasteiger partial charge < -0.3 is 20.5 Å². The second kappa shape index (κ2) is 10.9. The summed E-state index contributed by atoms with van der Waals surface area (Å²) in [4.78, 5) is 12.7. The maximum absolute atomic E-state index is 12.7. The number of allylic oxidation sites excluding steroid dienone is 1. The highest BCUT2D eigenvalue weighted by Gasteiger charge is 2.17. The molecule has 0 saturated carbocycles. The minimum absolute atomic E-state index is 0.226. The Morgan fingerprint density at radius 1 is 1.27 bits per heavy atom. The molecule has 3 aromatic rings. The molecule has 8 heteroatoms. The van der Waals surface area contributed by atoms with Crippen LogP contribution in [-0.2, 0) is 12.8 Å². The van der Waals surface area contributed by atoms with Crippen LogP contribution in [0.25, 0.3) is 5.69 Å². The van der Waals surface area contributed by atoms with Crippen LogP contribution in [0.5, 0.6) is 11.5 Å². The van der Waals surface area contributed by atoms with Gasteiger partial charge in [0.25, 0.3) is 5.91 Å². The smallest absolute Gasteiger partial charge is 0.251 e. The van der Waals surface area contributed by atoms with E-state index in [1.807, 2.05) is 30.3 Å². The Morgan fingerprint density at radius 2 is 2.03 bits per heavy atom. The Bertz CT molecular complexity index is 1180. The number of ether oxygens (including phenoxy) is 2. The number of hydrogen-bond donors (Lipinski definition) is 2. The minimum Gasteiger partial charge on any atom is -0.493 e. The number of nitrogens with one attached hydrogen (secondary N) is 1. The Hall–Kier alpha value is -4.25. The molecule has 0 unspecified atom stereocenters. The van der Waals surface area contributed by atoms with Crippen LogP contribution in [0.2, 0.25) is 0 Å². The Balaban J connectivity index is 1.67. The molecule has 1 heterocycles. The van der Waals surface area contributed by atoms with E-state index in [-0.39, 0.29) is 5.91 Å². The van der Waals surface area contributed by atoms with Crippen LogP contribution in [0.1, 0.15) is 33.6 Å². The molecule has 3 N–H and O–H groups in total. The monoisotopic (exact) mass is 445 g/mol. The highest BCUT2D eigenvalue weighted by molar-refractivity contribution is 5.95. The van der Waals surface area contributed by atoms with Crippen LogP contribution >= 0.6 is 0 Å². The van der Waals surface area contributed by atoms with Gasteiger partial charge >= 0.3 is 0 Å². The summed E-state index contributed by atoms with van der Waals surface area (Å²) in [5.41, 5.74) is 9.18. The molecule has 33 heavy (non-hydrogen) atoms. The van der Waals surface area contributed by atoms with Gasteiger partial charge in [-0.25, -0.2) is 4.68 Å². The van der Waals surface area contributed by atoms with E-state index < -0.39 is 0 Å². The molecule has 8 nitrogen and oxygen atoms in total. The van der Waals surface area contributed by atoms with E-state index in [1.165, 1.54) is 7.11 Å². The zero-order valence-corrected chi connectivity index (χ0v) is 18.8. The number of anilines is 1. The molecule has 0 radical (unpaired) electrons. The molecule has 0 aliphatic heterocycles. The predicted octanol–water partition coefficient (Wildman–Crippen LogP) is 3.43. The topological polar surface area (TPSA) is 115 Å². The van der Waals surface area contributed by atoms with E-state index in [9.17, 15) is 10.1 Å². The normalized spacial score (nSPS) is 10.3. The van der Waals surface area contributed by atoms with Crippen molar-refractivity contribution in [2.75, 3.05) is 26.5 Å². The van der Waals surface area contributed by atoms with E-state index in [0.717, 1.165) is 11.3 Å². The quantitative estimate of drug-likeness (QED) is 0.365. The molecule has 0 fully saturated rings.